The number of hydrogen-bond donors (Lipinski definition) is 2. The quantitative estimate of drug-likeness (QED) is 0.137. The van der Waals surface area contributed by atoms with Crippen molar-refractivity contribution >= 4 is 39.8 Å². The van der Waals surface area contributed by atoms with Crippen LogP contribution in [0, 0.1) is 0 Å². The van der Waals surface area contributed by atoms with E-state index in [0.29, 0.717) is 23.4 Å². The van der Waals surface area contributed by atoms with E-state index < -0.39 is 6.16 Å². The summed E-state index contributed by atoms with van der Waals surface area (Å²) in [5.41, 5.74) is 5.72. The van der Waals surface area contributed by atoms with E-state index in [1.165, 1.54) is 0 Å². The van der Waals surface area contributed by atoms with Gasteiger partial charge in [0.1, 0.15) is 17.2 Å². The SMILES string of the molecule is CCCCc1nc2ccc(NC(=O)c3cc4ccccc4o3)cc2n1Cc1ccc(-c2ccccc2OC(=O)O)cc1. The fourth-order valence-corrected chi connectivity index (χ4v) is 5.10. The predicted octanol–water partition coefficient (Wildman–Crippen LogP) is 8.15. The molecule has 0 unspecified atom stereocenters. The topological polar surface area (TPSA) is 107 Å². The van der Waals surface area contributed by atoms with Crippen LogP contribution < -0.4 is 10.1 Å². The highest BCUT2D eigenvalue weighted by atomic mass is 16.7. The van der Waals surface area contributed by atoms with Gasteiger partial charge in [0.25, 0.3) is 5.91 Å². The largest absolute Gasteiger partial charge is 0.511 e. The standard InChI is InChI=1S/C34H29N3O5/c1-2-3-12-32-36-27-18-17-25(35-33(38)31-19-24-8-4-6-10-29(24)41-31)20-28(27)37(32)21-22-13-15-23(16-14-22)26-9-5-7-11-30(26)42-34(39)40/h4-11,13-20H,2-3,12,21H2,1H3,(H,35,38)(H,39,40). The Hall–Kier alpha value is -5.37. The number of imidazole rings is 1. The van der Waals surface area contributed by atoms with Gasteiger partial charge in [-0.05, 0) is 53.9 Å². The number of unbranched alkanes of at least 4 members (excludes halogenated alkanes) is 1. The highest BCUT2D eigenvalue weighted by molar-refractivity contribution is 6.05. The molecule has 210 valence electrons. The number of para-hydroxylation sites is 2. The van der Waals surface area contributed by atoms with Crippen LogP contribution in [0.15, 0.2) is 101 Å². The van der Waals surface area contributed by atoms with Gasteiger partial charge in [-0.1, -0.05) is 74.0 Å². The fourth-order valence-electron chi connectivity index (χ4n) is 5.10. The van der Waals surface area contributed by atoms with Crippen molar-refractivity contribution in [2.24, 2.45) is 0 Å². The zero-order valence-corrected chi connectivity index (χ0v) is 23.0. The first-order chi connectivity index (χ1) is 20.5. The van der Waals surface area contributed by atoms with Crippen molar-refractivity contribution in [3.63, 3.8) is 0 Å². The van der Waals surface area contributed by atoms with Gasteiger partial charge in [-0.2, -0.15) is 0 Å². The van der Waals surface area contributed by atoms with Gasteiger partial charge in [0.2, 0.25) is 0 Å². The van der Waals surface area contributed by atoms with Crippen LogP contribution in [0.25, 0.3) is 33.1 Å². The van der Waals surface area contributed by atoms with Gasteiger partial charge in [0.05, 0.1) is 11.0 Å². The molecule has 0 bridgehead atoms. The first kappa shape index (κ1) is 26.8. The van der Waals surface area contributed by atoms with Crippen LogP contribution in [0.3, 0.4) is 0 Å². The van der Waals surface area contributed by atoms with E-state index in [-0.39, 0.29) is 17.4 Å². The second-order valence-corrected chi connectivity index (χ2v) is 10.1. The number of hydrogen-bond acceptors (Lipinski definition) is 5. The molecule has 42 heavy (non-hydrogen) atoms. The lowest BCUT2D eigenvalue weighted by Gasteiger charge is -2.12. The Kier molecular flexibility index (Phi) is 7.43. The zero-order chi connectivity index (χ0) is 29.1. The van der Waals surface area contributed by atoms with Gasteiger partial charge in [-0.25, -0.2) is 9.78 Å². The van der Waals surface area contributed by atoms with Crippen molar-refractivity contribution in [1.29, 1.82) is 0 Å². The number of ether oxygens (including phenoxy) is 1. The van der Waals surface area contributed by atoms with Crippen molar-refractivity contribution in [1.82, 2.24) is 9.55 Å². The maximum absolute atomic E-state index is 13.0. The summed E-state index contributed by atoms with van der Waals surface area (Å²) in [6, 6.07) is 30.0. The van der Waals surface area contributed by atoms with E-state index in [2.05, 4.69) is 16.8 Å². The number of rotatable bonds is 9. The maximum atomic E-state index is 13.0. The molecule has 0 aliphatic rings. The summed E-state index contributed by atoms with van der Waals surface area (Å²) in [6.07, 6.45) is 1.55. The number of aryl methyl sites for hydroxylation is 1. The van der Waals surface area contributed by atoms with E-state index in [4.69, 9.17) is 19.2 Å². The highest BCUT2D eigenvalue weighted by Crippen LogP contribution is 2.31. The minimum absolute atomic E-state index is 0.254. The number of carbonyl (C=O) groups excluding carboxylic acids is 1. The third-order valence-electron chi connectivity index (χ3n) is 7.18. The maximum Gasteiger partial charge on any atom is 0.511 e. The number of anilines is 1. The minimum atomic E-state index is -1.35. The Morgan fingerprint density at radius 1 is 0.952 bits per heavy atom. The average Bonchev–Trinajstić information content (AvgIpc) is 3.58. The summed E-state index contributed by atoms with van der Waals surface area (Å²) in [4.78, 5) is 29.1. The van der Waals surface area contributed by atoms with Gasteiger partial charge in [0.15, 0.2) is 5.76 Å². The molecule has 6 aromatic rings. The molecule has 2 aromatic heterocycles. The minimum Gasteiger partial charge on any atom is -0.451 e. The van der Waals surface area contributed by atoms with E-state index in [9.17, 15) is 9.59 Å². The van der Waals surface area contributed by atoms with E-state index in [0.717, 1.165) is 52.6 Å². The Morgan fingerprint density at radius 3 is 2.52 bits per heavy atom. The molecule has 6 rings (SSSR count). The van der Waals surface area contributed by atoms with Crippen molar-refractivity contribution in [3.8, 4) is 16.9 Å². The molecule has 1 amide bonds. The summed E-state index contributed by atoms with van der Waals surface area (Å²) in [6.45, 7) is 2.74. The van der Waals surface area contributed by atoms with Gasteiger partial charge < -0.3 is 24.1 Å². The van der Waals surface area contributed by atoms with Crippen molar-refractivity contribution < 1.29 is 23.8 Å². The van der Waals surface area contributed by atoms with Gasteiger partial charge in [0, 0.05) is 29.6 Å². The molecule has 2 heterocycles. The van der Waals surface area contributed by atoms with Crippen LogP contribution in [0.1, 0.15) is 41.7 Å². The van der Waals surface area contributed by atoms with Gasteiger partial charge in [-0.15, -0.1) is 0 Å². The molecular formula is C34H29N3O5. The Labute approximate surface area is 242 Å². The highest BCUT2D eigenvalue weighted by Gasteiger charge is 2.16. The second kappa shape index (κ2) is 11.6. The summed E-state index contributed by atoms with van der Waals surface area (Å²) in [5, 5.41) is 12.9. The van der Waals surface area contributed by atoms with Crippen LogP contribution in [0.4, 0.5) is 10.5 Å². The number of benzene rings is 4. The normalized spacial score (nSPS) is 11.2. The molecule has 0 atom stereocenters. The number of aromatic nitrogens is 2. The Balaban J connectivity index is 1.29. The second-order valence-electron chi connectivity index (χ2n) is 10.1. The molecule has 0 radical (unpaired) electrons. The number of carbonyl (C=O) groups is 2. The summed E-state index contributed by atoms with van der Waals surface area (Å²) >= 11 is 0. The number of nitrogens with one attached hydrogen (secondary N) is 1. The van der Waals surface area contributed by atoms with Crippen LogP contribution in [0.5, 0.6) is 5.75 Å². The molecule has 0 spiro atoms. The lowest BCUT2D eigenvalue weighted by molar-refractivity contribution is 0.0998. The summed E-state index contributed by atoms with van der Waals surface area (Å²) < 4.78 is 12.9. The van der Waals surface area contributed by atoms with E-state index in [1.54, 1.807) is 18.2 Å². The molecule has 8 nitrogen and oxygen atoms in total. The molecule has 0 saturated carbocycles. The monoisotopic (exact) mass is 559 g/mol. The average molecular weight is 560 g/mol. The Morgan fingerprint density at radius 2 is 1.74 bits per heavy atom. The first-order valence-corrected chi connectivity index (χ1v) is 13.9. The van der Waals surface area contributed by atoms with Gasteiger partial charge >= 0.3 is 6.16 Å². The number of amides is 1. The Bertz CT molecular complexity index is 1870. The molecule has 0 aliphatic heterocycles. The number of furan rings is 1. The van der Waals surface area contributed by atoms with Gasteiger partial charge in [-0.3, -0.25) is 4.79 Å². The van der Waals surface area contributed by atoms with E-state index in [1.807, 2.05) is 78.9 Å². The molecule has 0 fully saturated rings. The molecule has 0 saturated heterocycles. The third-order valence-corrected chi connectivity index (χ3v) is 7.18. The molecule has 2 N–H and O–H groups in total. The number of carboxylic acid groups (broad SMARTS) is 1. The lowest BCUT2D eigenvalue weighted by Crippen LogP contribution is -2.11. The third kappa shape index (κ3) is 5.60. The van der Waals surface area contributed by atoms with Crippen LogP contribution in [-0.2, 0) is 13.0 Å². The zero-order valence-electron chi connectivity index (χ0n) is 23.0. The van der Waals surface area contributed by atoms with Crippen LogP contribution in [-0.4, -0.2) is 26.7 Å². The summed E-state index contributed by atoms with van der Waals surface area (Å²) in [5.74, 6) is 1.21. The van der Waals surface area contributed by atoms with Crippen molar-refractivity contribution in [3.05, 3.63) is 114 Å². The van der Waals surface area contributed by atoms with Crippen molar-refractivity contribution in [2.75, 3.05) is 5.32 Å². The fraction of sp³-hybridized carbons (Fsp3) is 0.147. The molecule has 4 aromatic carbocycles. The van der Waals surface area contributed by atoms with Crippen molar-refractivity contribution in [2.45, 2.75) is 32.7 Å². The molecule has 0 aliphatic carbocycles. The number of fused-ring (bicyclic) bond motifs is 2. The smallest absolute Gasteiger partial charge is 0.451 e. The first-order valence-electron chi connectivity index (χ1n) is 13.9. The van der Waals surface area contributed by atoms with Crippen LogP contribution >= 0.6 is 0 Å². The van der Waals surface area contributed by atoms with Crippen LogP contribution in [0.2, 0.25) is 0 Å². The molecular weight excluding hydrogens is 530 g/mol. The lowest BCUT2D eigenvalue weighted by atomic mass is 10.0. The van der Waals surface area contributed by atoms with E-state index >= 15 is 0 Å². The number of nitrogens with zero attached hydrogens (tertiary/aromatic N) is 2. The molecule has 8 heteroatoms. The summed E-state index contributed by atoms with van der Waals surface area (Å²) in [7, 11) is 0. The predicted molar refractivity (Wildman–Crippen MR) is 162 cm³/mol.